The Bertz CT molecular complexity index is 489. The minimum absolute atomic E-state index is 0.312. The van der Waals surface area contributed by atoms with Gasteiger partial charge in [0.2, 0.25) is 0 Å². The van der Waals surface area contributed by atoms with Crippen LogP contribution in [0.3, 0.4) is 0 Å². The lowest BCUT2D eigenvalue weighted by Crippen LogP contribution is -2.26. The summed E-state index contributed by atoms with van der Waals surface area (Å²) in [5.74, 6) is 0.822. The van der Waals surface area contributed by atoms with Gasteiger partial charge in [-0.05, 0) is 24.3 Å². The van der Waals surface area contributed by atoms with E-state index in [9.17, 15) is 4.79 Å². The van der Waals surface area contributed by atoms with E-state index in [1.54, 1.807) is 6.26 Å². The predicted molar refractivity (Wildman–Crippen MR) is 58.4 cm³/mol. The van der Waals surface area contributed by atoms with E-state index >= 15 is 0 Å². The number of hydrogen-bond donors (Lipinski definition) is 0. The molecule has 0 aromatic carbocycles. The fourth-order valence-corrected chi connectivity index (χ4v) is 2.06. The molecule has 0 bridgehead atoms. The second-order valence-electron chi connectivity index (χ2n) is 3.73. The largest absolute Gasteiger partial charge is 0.488 e. The van der Waals surface area contributed by atoms with Gasteiger partial charge in [0, 0.05) is 16.7 Å². The predicted octanol–water partition coefficient (Wildman–Crippen LogP) is 1.80. The van der Waals surface area contributed by atoms with E-state index in [1.165, 1.54) is 0 Å². The molecule has 1 unspecified atom stereocenters. The monoisotopic (exact) mass is 214 g/mol. The summed E-state index contributed by atoms with van der Waals surface area (Å²) in [5.41, 5.74) is 2.49. The molecule has 0 N–H and O–H groups in total. The van der Waals surface area contributed by atoms with Gasteiger partial charge in [-0.2, -0.15) is 0 Å². The highest BCUT2D eigenvalue weighted by Gasteiger charge is 2.31. The van der Waals surface area contributed by atoms with Crippen LogP contribution in [0.4, 0.5) is 0 Å². The molecular weight excluding hydrogens is 204 g/mol. The van der Waals surface area contributed by atoms with Gasteiger partial charge in [0.1, 0.15) is 18.7 Å². The Labute approximate surface area is 93.0 Å². The van der Waals surface area contributed by atoms with Crippen LogP contribution >= 0.6 is 0 Å². The molecule has 0 radical (unpaired) electrons. The van der Waals surface area contributed by atoms with Crippen LogP contribution in [0.2, 0.25) is 0 Å². The number of fused-ring (bicyclic) bond motifs is 2. The van der Waals surface area contributed by atoms with E-state index in [2.05, 4.69) is 0 Å². The van der Waals surface area contributed by atoms with Gasteiger partial charge in [-0.3, -0.25) is 4.79 Å². The van der Waals surface area contributed by atoms with Gasteiger partial charge in [-0.15, -0.1) is 0 Å². The van der Waals surface area contributed by atoms with Crippen LogP contribution in [0.5, 0.6) is 0 Å². The summed E-state index contributed by atoms with van der Waals surface area (Å²) in [6.07, 6.45) is 11.6. The first kappa shape index (κ1) is 9.21. The highest BCUT2D eigenvalue weighted by Crippen LogP contribution is 2.35. The van der Waals surface area contributed by atoms with Crippen molar-refractivity contribution in [3.63, 3.8) is 0 Å². The van der Waals surface area contributed by atoms with Crippen LogP contribution in [0.1, 0.15) is 0 Å². The molecular formula is C13H10O3. The number of aldehydes is 1. The van der Waals surface area contributed by atoms with Crippen LogP contribution in [0.15, 0.2) is 59.1 Å². The maximum atomic E-state index is 11.0. The van der Waals surface area contributed by atoms with Crippen LogP contribution < -0.4 is 0 Å². The number of ether oxygens (including phenoxy) is 2. The summed E-state index contributed by atoms with van der Waals surface area (Å²) in [6.45, 7) is 0.566. The minimum atomic E-state index is -0.312. The molecule has 3 aliphatic rings. The molecule has 3 heteroatoms. The van der Waals surface area contributed by atoms with Crippen LogP contribution in [-0.4, -0.2) is 19.0 Å². The third-order valence-corrected chi connectivity index (χ3v) is 2.76. The molecule has 1 aliphatic carbocycles. The molecule has 2 heterocycles. The van der Waals surface area contributed by atoms with Gasteiger partial charge in [0.05, 0.1) is 6.26 Å². The average molecular weight is 214 g/mol. The lowest BCUT2D eigenvalue weighted by atomic mass is 9.89. The molecule has 0 saturated heterocycles. The Morgan fingerprint density at radius 2 is 2.38 bits per heavy atom. The topological polar surface area (TPSA) is 35.5 Å². The molecule has 16 heavy (non-hydrogen) atoms. The molecule has 0 aromatic rings. The first-order valence-electron chi connectivity index (χ1n) is 5.13. The summed E-state index contributed by atoms with van der Waals surface area (Å²) < 4.78 is 11.0. The van der Waals surface area contributed by atoms with E-state index < -0.39 is 0 Å². The molecule has 0 amide bonds. The lowest BCUT2D eigenvalue weighted by Gasteiger charge is -2.30. The summed E-state index contributed by atoms with van der Waals surface area (Å²) >= 11 is 0. The standard InChI is InChI=1S/C13H10O3/c14-8-10-7-9-3-1-5-15-12(9)11-4-2-6-16-13(10)11/h1-4,6-8,13H,5H2. The van der Waals surface area contributed by atoms with Crippen molar-refractivity contribution in [2.75, 3.05) is 6.61 Å². The Morgan fingerprint density at radius 1 is 1.44 bits per heavy atom. The summed E-state index contributed by atoms with van der Waals surface area (Å²) in [6, 6.07) is 0. The minimum Gasteiger partial charge on any atom is -0.488 e. The van der Waals surface area contributed by atoms with Crippen molar-refractivity contribution in [1.29, 1.82) is 0 Å². The van der Waals surface area contributed by atoms with Crippen molar-refractivity contribution in [3.8, 4) is 0 Å². The van der Waals surface area contributed by atoms with E-state index in [-0.39, 0.29) is 6.10 Å². The van der Waals surface area contributed by atoms with Gasteiger partial charge < -0.3 is 9.47 Å². The smallest absolute Gasteiger partial charge is 0.155 e. The van der Waals surface area contributed by atoms with Crippen molar-refractivity contribution in [2.24, 2.45) is 0 Å². The summed E-state index contributed by atoms with van der Waals surface area (Å²) in [5, 5.41) is 0. The third-order valence-electron chi connectivity index (χ3n) is 2.76. The molecule has 0 aromatic heterocycles. The van der Waals surface area contributed by atoms with Gasteiger partial charge in [0.15, 0.2) is 6.10 Å². The lowest BCUT2D eigenvalue weighted by molar-refractivity contribution is -0.105. The quantitative estimate of drug-likeness (QED) is 0.624. The maximum Gasteiger partial charge on any atom is 0.155 e. The molecule has 0 saturated carbocycles. The van der Waals surface area contributed by atoms with Gasteiger partial charge in [-0.25, -0.2) is 0 Å². The van der Waals surface area contributed by atoms with E-state index in [4.69, 9.17) is 9.47 Å². The molecule has 3 rings (SSSR count). The van der Waals surface area contributed by atoms with Crippen LogP contribution in [0, 0.1) is 0 Å². The van der Waals surface area contributed by atoms with Gasteiger partial charge >= 0.3 is 0 Å². The van der Waals surface area contributed by atoms with Crippen molar-refractivity contribution in [2.45, 2.75) is 6.10 Å². The van der Waals surface area contributed by atoms with Gasteiger partial charge in [-0.1, -0.05) is 6.08 Å². The SMILES string of the molecule is O=CC1=CC2=C(OCC=C2)C2=CC=COC12. The summed E-state index contributed by atoms with van der Waals surface area (Å²) in [7, 11) is 0. The molecule has 0 spiro atoms. The van der Waals surface area contributed by atoms with Crippen LogP contribution in [0.25, 0.3) is 0 Å². The molecule has 2 aliphatic heterocycles. The zero-order valence-electron chi connectivity index (χ0n) is 8.55. The van der Waals surface area contributed by atoms with Crippen molar-refractivity contribution < 1.29 is 14.3 Å². The first-order valence-corrected chi connectivity index (χ1v) is 5.13. The van der Waals surface area contributed by atoms with E-state index in [0.29, 0.717) is 12.2 Å². The molecule has 3 nitrogen and oxygen atoms in total. The van der Waals surface area contributed by atoms with Crippen molar-refractivity contribution in [3.05, 3.63) is 59.1 Å². The number of carbonyl (C=O) groups is 1. The normalized spacial score (nSPS) is 25.9. The number of carbonyl (C=O) groups excluding carboxylic acids is 1. The Morgan fingerprint density at radius 3 is 3.25 bits per heavy atom. The fraction of sp³-hybridized carbons (Fsp3) is 0.154. The highest BCUT2D eigenvalue weighted by atomic mass is 16.5. The van der Waals surface area contributed by atoms with Crippen molar-refractivity contribution in [1.82, 2.24) is 0 Å². The second-order valence-corrected chi connectivity index (χ2v) is 3.73. The zero-order chi connectivity index (χ0) is 11.0. The Kier molecular flexibility index (Phi) is 2.03. The molecule has 80 valence electrons. The van der Waals surface area contributed by atoms with Crippen molar-refractivity contribution >= 4 is 6.29 Å². The van der Waals surface area contributed by atoms with Crippen LogP contribution in [-0.2, 0) is 14.3 Å². The maximum absolute atomic E-state index is 11.0. The Hall–Kier alpha value is -2.03. The first-order chi connectivity index (χ1) is 7.90. The highest BCUT2D eigenvalue weighted by molar-refractivity contribution is 5.80. The third kappa shape index (κ3) is 1.25. The van der Waals surface area contributed by atoms with E-state index in [1.807, 2.05) is 30.4 Å². The number of rotatable bonds is 1. The molecule has 1 atom stereocenters. The number of hydrogen-bond acceptors (Lipinski definition) is 3. The fourth-order valence-electron chi connectivity index (χ4n) is 2.06. The summed E-state index contributed by atoms with van der Waals surface area (Å²) in [4.78, 5) is 11.0. The second kappa shape index (κ2) is 3.52. The number of allylic oxidation sites excluding steroid dienone is 5. The van der Waals surface area contributed by atoms with E-state index in [0.717, 1.165) is 23.2 Å². The average Bonchev–Trinajstić information content (AvgIpc) is 2.38. The van der Waals surface area contributed by atoms with Gasteiger partial charge in [0.25, 0.3) is 0 Å². The Balaban J connectivity index is 2.16. The molecule has 0 fully saturated rings. The zero-order valence-corrected chi connectivity index (χ0v) is 8.55.